The Kier molecular flexibility index (Phi) is 3.63. The minimum absolute atomic E-state index is 0.169. The summed E-state index contributed by atoms with van der Waals surface area (Å²) in [4.78, 5) is 28.0. The van der Waals surface area contributed by atoms with E-state index >= 15 is 0 Å². The Bertz CT molecular complexity index is 756. The summed E-state index contributed by atoms with van der Waals surface area (Å²) in [6, 6.07) is 5.40. The fraction of sp³-hybridized carbons (Fsp3) is 0.235. The van der Waals surface area contributed by atoms with Crippen molar-refractivity contribution in [1.29, 1.82) is 0 Å². The Labute approximate surface area is 128 Å². The fourth-order valence-electron chi connectivity index (χ4n) is 2.51. The molecule has 0 spiro atoms. The molecule has 0 bridgehead atoms. The van der Waals surface area contributed by atoms with Crippen molar-refractivity contribution in [2.45, 2.75) is 20.3 Å². The number of carbonyl (C=O) groups is 2. The molecule has 0 saturated heterocycles. The summed E-state index contributed by atoms with van der Waals surface area (Å²) in [5, 5.41) is 0. The van der Waals surface area contributed by atoms with Gasteiger partial charge in [-0.25, -0.2) is 4.99 Å². The van der Waals surface area contributed by atoms with E-state index in [0.29, 0.717) is 17.9 Å². The molecule has 3 rings (SSSR count). The van der Waals surface area contributed by atoms with E-state index in [1.165, 1.54) is 6.08 Å². The molecule has 0 saturated carbocycles. The van der Waals surface area contributed by atoms with Crippen LogP contribution in [0.1, 0.15) is 25.8 Å². The van der Waals surface area contributed by atoms with Crippen LogP contribution >= 0.6 is 0 Å². The van der Waals surface area contributed by atoms with Crippen LogP contribution in [-0.2, 0) is 9.59 Å². The van der Waals surface area contributed by atoms with Crippen molar-refractivity contribution in [3.63, 3.8) is 0 Å². The van der Waals surface area contributed by atoms with Gasteiger partial charge in [0, 0.05) is 12.1 Å². The SMILES string of the molecule is CC1=NC(=O)C(C(=O)/C=C/c2ccc3c(c2)OCO3)=C(C)C1. The first-order chi connectivity index (χ1) is 10.5. The van der Waals surface area contributed by atoms with Crippen LogP contribution in [0.25, 0.3) is 6.08 Å². The molecule has 5 nitrogen and oxygen atoms in total. The molecule has 112 valence electrons. The first-order valence-corrected chi connectivity index (χ1v) is 6.95. The molecule has 0 unspecified atom stereocenters. The van der Waals surface area contributed by atoms with Crippen molar-refractivity contribution in [2.75, 3.05) is 6.79 Å². The first-order valence-electron chi connectivity index (χ1n) is 6.95. The maximum Gasteiger partial charge on any atom is 0.280 e. The van der Waals surface area contributed by atoms with Crippen molar-refractivity contribution in [3.8, 4) is 11.5 Å². The number of allylic oxidation sites excluding steroid dienone is 2. The summed E-state index contributed by atoms with van der Waals surface area (Å²) in [6.45, 7) is 3.78. The van der Waals surface area contributed by atoms with E-state index < -0.39 is 5.91 Å². The molecule has 1 amide bonds. The van der Waals surface area contributed by atoms with Gasteiger partial charge in [-0.1, -0.05) is 17.7 Å². The number of hydrogen-bond acceptors (Lipinski definition) is 4. The van der Waals surface area contributed by atoms with Crippen LogP contribution in [0.5, 0.6) is 11.5 Å². The zero-order valence-corrected chi connectivity index (χ0v) is 12.4. The molecule has 5 heteroatoms. The lowest BCUT2D eigenvalue weighted by atomic mass is 9.97. The van der Waals surface area contributed by atoms with Gasteiger partial charge in [0.2, 0.25) is 6.79 Å². The molecular formula is C17H15NO4. The van der Waals surface area contributed by atoms with Crippen molar-refractivity contribution < 1.29 is 19.1 Å². The second-order valence-electron chi connectivity index (χ2n) is 5.29. The molecule has 0 atom stereocenters. The normalized spacial score (nSPS) is 17.2. The summed E-state index contributed by atoms with van der Waals surface area (Å²) in [6.07, 6.45) is 3.61. The third kappa shape index (κ3) is 2.70. The summed E-state index contributed by atoms with van der Waals surface area (Å²) in [7, 11) is 0. The average molecular weight is 297 g/mol. The average Bonchev–Trinajstić information content (AvgIpc) is 2.91. The zero-order valence-electron chi connectivity index (χ0n) is 12.4. The smallest absolute Gasteiger partial charge is 0.280 e. The van der Waals surface area contributed by atoms with Gasteiger partial charge in [-0.2, -0.15) is 0 Å². The van der Waals surface area contributed by atoms with Gasteiger partial charge in [-0.15, -0.1) is 0 Å². The molecule has 0 aromatic heterocycles. The predicted molar refractivity (Wildman–Crippen MR) is 82.0 cm³/mol. The van der Waals surface area contributed by atoms with Gasteiger partial charge < -0.3 is 9.47 Å². The largest absolute Gasteiger partial charge is 0.454 e. The standard InChI is InChI=1S/C17H15NO4/c1-10-7-11(2)18-17(20)16(10)13(19)5-3-12-4-6-14-15(8-12)22-9-21-14/h3-6,8H,7,9H2,1-2H3/b5-3+. The van der Waals surface area contributed by atoms with Crippen molar-refractivity contribution >= 4 is 23.5 Å². The number of rotatable bonds is 3. The second-order valence-corrected chi connectivity index (χ2v) is 5.29. The van der Waals surface area contributed by atoms with Gasteiger partial charge in [0.05, 0.1) is 5.57 Å². The Balaban J connectivity index is 1.80. The fourth-order valence-corrected chi connectivity index (χ4v) is 2.51. The molecule has 0 radical (unpaired) electrons. The molecule has 2 aliphatic heterocycles. The van der Waals surface area contributed by atoms with Crippen LogP contribution in [-0.4, -0.2) is 24.2 Å². The van der Waals surface area contributed by atoms with Gasteiger partial charge in [-0.05, 0) is 37.6 Å². The summed E-state index contributed by atoms with van der Waals surface area (Å²) in [5.74, 6) is 0.561. The highest BCUT2D eigenvalue weighted by molar-refractivity contribution is 6.28. The van der Waals surface area contributed by atoms with E-state index in [4.69, 9.17) is 9.47 Å². The van der Waals surface area contributed by atoms with Gasteiger partial charge in [-0.3, -0.25) is 9.59 Å². The van der Waals surface area contributed by atoms with Gasteiger partial charge in [0.15, 0.2) is 17.3 Å². The Morgan fingerprint density at radius 2 is 2.00 bits per heavy atom. The molecular weight excluding hydrogens is 282 g/mol. The van der Waals surface area contributed by atoms with Crippen LogP contribution in [0, 0.1) is 0 Å². The van der Waals surface area contributed by atoms with E-state index in [1.807, 2.05) is 6.07 Å². The number of hydrogen-bond donors (Lipinski definition) is 0. The van der Waals surface area contributed by atoms with Crippen LogP contribution in [0.4, 0.5) is 0 Å². The van der Waals surface area contributed by atoms with Crippen LogP contribution in [0.2, 0.25) is 0 Å². The summed E-state index contributed by atoms with van der Waals surface area (Å²) in [5.41, 5.74) is 2.47. The number of dihydropyridines is 1. The molecule has 0 fully saturated rings. The minimum Gasteiger partial charge on any atom is -0.454 e. The maximum absolute atomic E-state index is 12.2. The predicted octanol–water partition coefficient (Wildman–Crippen LogP) is 2.71. The van der Waals surface area contributed by atoms with Crippen molar-refractivity contribution in [3.05, 3.63) is 41.0 Å². The topological polar surface area (TPSA) is 65.0 Å². The second kappa shape index (κ2) is 5.60. The lowest BCUT2D eigenvalue weighted by molar-refractivity contribution is -0.118. The third-order valence-electron chi connectivity index (χ3n) is 3.52. The van der Waals surface area contributed by atoms with Crippen LogP contribution in [0.15, 0.2) is 40.4 Å². The molecule has 1 aromatic rings. The third-order valence-corrected chi connectivity index (χ3v) is 3.52. The summed E-state index contributed by atoms with van der Waals surface area (Å²) < 4.78 is 10.5. The van der Waals surface area contributed by atoms with Crippen molar-refractivity contribution in [1.82, 2.24) is 0 Å². The number of benzene rings is 1. The van der Waals surface area contributed by atoms with E-state index in [9.17, 15) is 9.59 Å². The highest BCUT2D eigenvalue weighted by Gasteiger charge is 2.23. The monoisotopic (exact) mass is 297 g/mol. The van der Waals surface area contributed by atoms with Gasteiger partial charge in [0.1, 0.15) is 0 Å². The van der Waals surface area contributed by atoms with Crippen LogP contribution in [0.3, 0.4) is 0 Å². The Morgan fingerprint density at radius 3 is 2.77 bits per heavy atom. The van der Waals surface area contributed by atoms with E-state index in [0.717, 1.165) is 16.8 Å². The minimum atomic E-state index is -0.457. The number of aliphatic imine (C=N–C) groups is 1. The zero-order chi connectivity index (χ0) is 15.7. The van der Waals surface area contributed by atoms with Crippen molar-refractivity contribution in [2.24, 2.45) is 4.99 Å². The number of fused-ring (bicyclic) bond motifs is 1. The molecule has 1 aromatic carbocycles. The van der Waals surface area contributed by atoms with E-state index in [2.05, 4.69) is 4.99 Å². The first kappa shape index (κ1) is 14.3. The lowest BCUT2D eigenvalue weighted by Gasteiger charge is -2.12. The highest BCUT2D eigenvalue weighted by atomic mass is 16.7. The Hall–Kier alpha value is -2.69. The molecule has 0 N–H and O–H groups in total. The number of ketones is 1. The Morgan fingerprint density at radius 1 is 1.23 bits per heavy atom. The summed E-state index contributed by atoms with van der Waals surface area (Å²) >= 11 is 0. The highest BCUT2D eigenvalue weighted by Crippen LogP contribution is 2.32. The van der Waals surface area contributed by atoms with Gasteiger partial charge in [0.25, 0.3) is 5.91 Å². The molecule has 22 heavy (non-hydrogen) atoms. The lowest BCUT2D eigenvalue weighted by Crippen LogP contribution is -2.18. The number of nitrogens with zero attached hydrogens (tertiary/aromatic N) is 1. The molecule has 2 heterocycles. The van der Waals surface area contributed by atoms with E-state index in [-0.39, 0.29) is 18.1 Å². The number of carbonyl (C=O) groups excluding carboxylic acids is 2. The number of ether oxygens (including phenoxy) is 2. The molecule has 0 aliphatic carbocycles. The quantitative estimate of drug-likeness (QED) is 0.635. The van der Waals surface area contributed by atoms with E-state index in [1.54, 1.807) is 32.1 Å². The molecule has 2 aliphatic rings. The maximum atomic E-state index is 12.2. The van der Waals surface area contributed by atoms with Gasteiger partial charge >= 0.3 is 0 Å². The van der Waals surface area contributed by atoms with Crippen LogP contribution < -0.4 is 9.47 Å². The number of amides is 1.